The molecule has 1 heterocycles. The summed E-state index contributed by atoms with van der Waals surface area (Å²) in [6, 6.07) is 0. The molecule has 1 amide bonds. The smallest absolute Gasteiger partial charge is 0.273 e. The molecule has 0 radical (unpaired) electrons. The highest BCUT2D eigenvalue weighted by Gasteiger charge is 2.13. The van der Waals surface area contributed by atoms with Gasteiger partial charge in [-0.05, 0) is 19.3 Å². The van der Waals surface area contributed by atoms with E-state index in [9.17, 15) is 4.79 Å². The monoisotopic (exact) mass is 252 g/mol. The molecule has 1 aromatic heterocycles. The minimum absolute atomic E-state index is 0.177. The van der Waals surface area contributed by atoms with Gasteiger partial charge >= 0.3 is 0 Å². The summed E-state index contributed by atoms with van der Waals surface area (Å²) in [5, 5.41) is 6.99. The Labute approximate surface area is 109 Å². The van der Waals surface area contributed by atoms with Crippen LogP contribution in [0, 0.1) is 5.92 Å². The van der Waals surface area contributed by atoms with Crippen LogP contribution in [0.5, 0.6) is 0 Å². The van der Waals surface area contributed by atoms with Crippen molar-refractivity contribution < 1.29 is 4.79 Å². The first kappa shape index (κ1) is 14.5. The van der Waals surface area contributed by atoms with Crippen molar-refractivity contribution in [1.82, 2.24) is 15.1 Å². The van der Waals surface area contributed by atoms with E-state index in [-0.39, 0.29) is 5.91 Å². The molecule has 0 bridgehead atoms. The number of hydrogen-bond acceptors (Lipinski definition) is 3. The Hall–Kier alpha value is -1.52. The molecule has 5 nitrogen and oxygen atoms in total. The van der Waals surface area contributed by atoms with Gasteiger partial charge in [0.2, 0.25) is 0 Å². The molecule has 0 aliphatic heterocycles. The highest BCUT2D eigenvalue weighted by molar-refractivity contribution is 5.96. The topological polar surface area (TPSA) is 72.9 Å². The van der Waals surface area contributed by atoms with E-state index in [4.69, 9.17) is 5.73 Å². The van der Waals surface area contributed by atoms with Gasteiger partial charge in [-0.3, -0.25) is 9.48 Å². The molecule has 3 N–H and O–H groups in total. The molecular weight excluding hydrogens is 228 g/mol. The highest BCUT2D eigenvalue weighted by Crippen LogP contribution is 2.09. The third-order valence-electron chi connectivity index (χ3n) is 2.82. The van der Waals surface area contributed by atoms with Gasteiger partial charge < -0.3 is 11.1 Å². The minimum atomic E-state index is -0.177. The quantitative estimate of drug-likeness (QED) is 0.729. The van der Waals surface area contributed by atoms with E-state index in [1.54, 1.807) is 10.9 Å². The predicted molar refractivity (Wildman–Crippen MR) is 73.3 cm³/mol. The van der Waals surface area contributed by atoms with Crippen molar-refractivity contribution in [2.24, 2.45) is 5.92 Å². The second kappa shape index (κ2) is 7.03. The molecule has 0 unspecified atom stereocenters. The van der Waals surface area contributed by atoms with Crippen molar-refractivity contribution in [2.75, 3.05) is 12.3 Å². The van der Waals surface area contributed by atoms with E-state index in [1.165, 1.54) is 6.42 Å². The number of rotatable bonds is 7. The Morgan fingerprint density at radius 3 is 2.78 bits per heavy atom. The zero-order valence-corrected chi connectivity index (χ0v) is 11.6. The molecule has 0 saturated carbocycles. The van der Waals surface area contributed by atoms with Gasteiger partial charge in [-0.1, -0.05) is 26.7 Å². The largest absolute Gasteiger partial charge is 0.396 e. The van der Waals surface area contributed by atoms with Crippen LogP contribution in [0.4, 0.5) is 5.69 Å². The maximum absolute atomic E-state index is 11.8. The summed E-state index contributed by atoms with van der Waals surface area (Å²) < 4.78 is 1.67. The van der Waals surface area contributed by atoms with Crippen molar-refractivity contribution in [1.29, 1.82) is 0 Å². The Morgan fingerprint density at radius 2 is 2.22 bits per heavy atom. The van der Waals surface area contributed by atoms with Gasteiger partial charge in [0.25, 0.3) is 5.91 Å². The number of hydrogen-bond donors (Lipinski definition) is 2. The molecule has 5 heteroatoms. The molecule has 0 aromatic carbocycles. The van der Waals surface area contributed by atoms with Crippen LogP contribution in [0.2, 0.25) is 0 Å². The number of nitrogen functional groups attached to an aromatic ring is 1. The van der Waals surface area contributed by atoms with Gasteiger partial charge in [-0.2, -0.15) is 5.10 Å². The van der Waals surface area contributed by atoms with Gasteiger partial charge in [-0.25, -0.2) is 0 Å². The van der Waals surface area contributed by atoms with Gasteiger partial charge in [-0.15, -0.1) is 0 Å². The molecule has 0 saturated heterocycles. The number of carbonyl (C=O) groups excluding carboxylic acids is 1. The lowest BCUT2D eigenvalue weighted by atomic mass is 10.1. The summed E-state index contributed by atoms with van der Waals surface area (Å²) >= 11 is 0. The first-order valence-electron chi connectivity index (χ1n) is 6.65. The summed E-state index contributed by atoms with van der Waals surface area (Å²) in [7, 11) is 0. The highest BCUT2D eigenvalue weighted by atomic mass is 16.1. The Morgan fingerprint density at radius 1 is 1.50 bits per heavy atom. The lowest BCUT2D eigenvalue weighted by molar-refractivity contribution is 0.0948. The van der Waals surface area contributed by atoms with Crippen LogP contribution in [0.25, 0.3) is 0 Å². The van der Waals surface area contributed by atoms with Gasteiger partial charge in [0.15, 0.2) is 5.69 Å². The van der Waals surface area contributed by atoms with Gasteiger partial charge in [0.1, 0.15) is 0 Å². The third-order valence-corrected chi connectivity index (χ3v) is 2.82. The molecule has 0 aliphatic rings. The van der Waals surface area contributed by atoms with E-state index in [1.807, 2.05) is 6.92 Å². The summed E-state index contributed by atoms with van der Waals surface area (Å²) in [5.74, 6) is 0.542. The number of carbonyl (C=O) groups is 1. The molecule has 0 spiro atoms. The zero-order chi connectivity index (χ0) is 13.5. The number of nitrogens with two attached hydrogens (primary N) is 1. The number of nitrogens with zero attached hydrogens (tertiary/aromatic N) is 2. The molecule has 102 valence electrons. The van der Waals surface area contributed by atoms with E-state index in [0.29, 0.717) is 24.5 Å². The van der Waals surface area contributed by atoms with Crippen molar-refractivity contribution in [3.8, 4) is 0 Å². The number of unbranched alkanes of at least 4 members (excludes halogenated alkanes) is 1. The lowest BCUT2D eigenvalue weighted by Gasteiger charge is -2.05. The maximum atomic E-state index is 11.8. The molecule has 1 aromatic rings. The SMILES string of the molecule is CCn1cc(N)c(C(=O)NCCCCC(C)C)n1. The number of aryl methyl sites for hydroxylation is 1. The van der Waals surface area contributed by atoms with Crippen LogP contribution in [-0.4, -0.2) is 22.2 Å². The molecule has 1 rings (SSSR count). The van der Waals surface area contributed by atoms with Crippen molar-refractivity contribution >= 4 is 11.6 Å². The minimum Gasteiger partial charge on any atom is -0.396 e. The van der Waals surface area contributed by atoms with Crippen molar-refractivity contribution in [3.63, 3.8) is 0 Å². The number of nitrogens with one attached hydrogen (secondary N) is 1. The van der Waals surface area contributed by atoms with Crippen LogP contribution >= 0.6 is 0 Å². The molecular formula is C13H24N4O. The average Bonchev–Trinajstić information content (AvgIpc) is 2.69. The molecule has 0 aliphatic carbocycles. The summed E-state index contributed by atoms with van der Waals surface area (Å²) in [6.07, 6.45) is 5.02. The fourth-order valence-electron chi connectivity index (χ4n) is 1.74. The molecule has 18 heavy (non-hydrogen) atoms. The first-order chi connectivity index (χ1) is 8.54. The van der Waals surface area contributed by atoms with Crippen LogP contribution in [-0.2, 0) is 6.54 Å². The Balaban J connectivity index is 2.34. The first-order valence-corrected chi connectivity index (χ1v) is 6.65. The van der Waals surface area contributed by atoms with E-state index in [0.717, 1.165) is 18.8 Å². The second-order valence-electron chi connectivity index (χ2n) is 4.93. The Bertz CT molecular complexity index is 384. The number of amides is 1. The maximum Gasteiger partial charge on any atom is 0.273 e. The van der Waals surface area contributed by atoms with Gasteiger partial charge in [0.05, 0.1) is 5.69 Å². The van der Waals surface area contributed by atoms with Crippen molar-refractivity contribution in [2.45, 2.75) is 46.6 Å². The van der Waals surface area contributed by atoms with Crippen LogP contribution in [0.1, 0.15) is 50.5 Å². The lowest BCUT2D eigenvalue weighted by Crippen LogP contribution is -2.25. The Kier molecular flexibility index (Phi) is 5.68. The fraction of sp³-hybridized carbons (Fsp3) is 0.692. The van der Waals surface area contributed by atoms with E-state index in [2.05, 4.69) is 24.3 Å². The normalized spacial score (nSPS) is 10.9. The molecule has 0 atom stereocenters. The summed E-state index contributed by atoms with van der Waals surface area (Å²) in [4.78, 5) is 11.8. The summed E-state index contributed by atoms with van der Waals surface area (Å²) in [6.45, 7) is 7.77. The molecule has 0 fully saturated rings. The predicted octanol–water partition coefficient (Wildman–Crippen LogP) is 2.04. The number of anilines is 1. The van der Waals surface area contributed by atoms with Crippen LogP contribution < -0.4 is 11.1 Å². The van der Waals surface area contributed by atoms with E-state index < -0.39 is 0 Å². The fourth-order valence-corrected chi connectivity index (χ4v) is 1.74. The standard InChI is InChI=1S/C13H24N4O/c1-4-17-9-11(14)12(16-17)13(18)15-8-6-5-7-10(2)3/h9-10H,4-8,14H2,1-3H3,(H,15,18). The zero-order valence-electron chi connectivity index (χ0n) is 11.6. The van der Waals surface area contributed by atoms with Crippen molar-refractivity contribution in [3.05, 3.63) is 11.9 Å². The average molecular weight is 252 g/mol. The third kappa shape index (κ3) is 4.39. The second-order valence-corrected chi connectivity index (χ2v) is 4.93. The number of aromatic nitrogens is 2. The van der Waals surface area contributed by atoms with E-state index >= 15 is 0 Å². The summed E-state index contributed by atoms with van der Waals surface area (Å²) in [5.41, 5.74) is 6.52. The van der Waals surface area contributed by atoms with Gasteiger partial charge in [0, 0.05) is 19.3 Å². The van der Waals surface area contributed by atoms with Crippen LogP contribution in [0.15, 0.2) is 6.20 Å². The van der Waals surface area contributed by atoms with Crippen LogP contribution in [0.3, 0.4) is 0 Å².